The number of rotatable bonds is 4. The maximum Gasteiger partial charge on any atom is 0.326 e. The molecule has 170 valence electrons. The van der Waals surface area contributed by atoms with E-state index < -0.39 is 12.0 Å². The van der Waals surface area contributed by atoms with Crippen molar-refractivity contribution in [1.82, 2.24) is 9.55 Å². The second-order valence-electron chi connectivity index (χ2n) is 9.06. The van der Waals surface area contributed by atoms with Crippen LogP contribution in [0.3, 0.4) is 0 Å². The maximum absolute atomic E-state index is 11.8. The number of nitrogens with two attached hydrogens (primary N) is 1. The van der Waals surface area contributed by atoms with Crippen molar-refractivity contribution >= 4 is 34.2 Å². The van der Waals surface area contributed by atoms with E-state index in [4.69, 9.17) is 15.5 Å². The van der Waals surface area contributed by atoms with E-state index in [9.17, 15) is 9.90 Å². The van der Waals surface area contributed by atoms with Gasteiger partial charge in [0.25, 0.3) is 0 Å². The van der Waals surface area contributed by atoms with E-state index in [0.717, 1.165) is 71.9 Å². The van der Waals surface area contributed by atoms with E-state index >= 15 is 0 Å². The summed E-state index contributed by atoms with van der Waals surface area (Å²) in [4.78, 5) is 23.4. The van der Waals surface area contributed by atoms with E-state index in [1.807, 2.05) is 17.0 Å². The monoisotopic (exact) mass is 445 g/mol. The van der Waals surface area contributed by atoms with Crippen LogP contribution in [0.15, 0.2) is 29.3 Å². The highest BCUT2D eigenvalue weighted by molar-refractivity contribution is 5.94. The fourth-order valence-corrected chi connectivity index (χ4v) is 5.51. The average molecular weight is 446 g/mol. The molecule has 33 heavy (non-hydrogen) atoms. The van der Waals surface area contributed by atoms with Crippen LogP contribution in [0, 0.1) is 0 Å². The van der Waals surface area contributed by atoms with Gasteiger partial charge in [0.15, 0.2) is 0 Å². The number of nitrogens with zero attached hydrogens (tertiary/aromatic N) is 4. The van der Waals surface area contributed by atoms with E-state index in [2.05, 4.69) is 28.6 Å². The number of aromatic nitrogens is 2. The molecule has 3 N–H and O–H groups in total. The van der Waals surface area contributed by atoms with E-state index in [1.54, 1.807) is 0 Å². The molecule has 1 saturated heterocycles. The van der Waals surface area contributed by atoms with Crippen LogP contribution in [-0.4, -0.2) is 45.7 Å². The topological polar surface area (TPSA) is 106 Å². The van der Waals surface area contributed by atoms with Gasteiger partial charge in [0.05, 0.1) is 17.8 Å². The molecule has 0 spiro atoms. The fourth-order valence-electron chi connectivity index (χ4n) is 5.51. The van der Waals surface area contributed by atoms with Gasteiger partial charge in [-0.2, -0.15) is 0 Å². The molecular weight excluding hydrogens is 418 g/mol. The fraction of sp³-hybridized carbons (Fsp3) is 0.400. The SMILES string of the molecule is CCc1cc(-c2nc3cc(N4CCC[C@H]4C(=O)O)cc4c3n2CCCO4)cc2c1CC(N)=N2. The zero-order valence-corrected chi connectivity index (χ0v) is 18.7. The van der Waals surface area contributed by atoms with Crippen molar-refractivity contribution in [3.63, 3.8) is 0 Å². The number of hydrogen-bond acceptors (Lipinski definition) is 6. The summed E-state index contributed by atoms with van der Waals surface area (Å²) in [6, 6.07) is 7.80. The summed E-state index contributed by atoms with van der Waals surface area (Å²) in [5, 5.41) is 9.67. The quantitative estimate of drug-likeness (QED) is 0.635. The Balaban J connectivity index is 1.53. The van der Waals surface area contributed by atoms with Gasteiger partial charge in [0.2, 0.25) is 0 Å². The molecule has 4 heterocycles. The van der Waals surface area contributed by atoms with Crippen molar-refractivity contribution in [1.29, 1.82) is 0 Å². The number of aliphatic carboxylic acids is 1. The first-order valence-electron chi connectivity index (χ1n) is 11.7. The number of ether oxygens (including phenoxy) is 1. The Labute approximate surface area is 191 Å². The molecule has 0 aliphatic carbocycles. The summed E-state index contributed by atoms with van der Waals surface area (Å²) < 4.78 is 8.36. The summed E-state index contributed by atoms with van der Waals surface area (Å²) in [5.74, 6) is 1.54. The molecule has 3 aromatic rings. The van der Waals surface area contributed by atoms with Gasteiger partial charge in [-0.1, -0.05) is 6.92 Å². The van der Waals surface area contributed by atoms with Crippen molar-refractivity contribution in [3.05, 3.63) is 35.4 Å². The lowest BCUT2D eigenvalue weighted by atomic mass is 9.98. The number of carboxylic acids is 1. The number of aliphatic imine (C=N–C) groups is 1. The van der Waals surface area contributed by atoms with E-state index in [0.29, 0.717) is 25.3 Å². The van der Waals surface area contributed by atoms with Crippen molar-refractivity contribution < 1.29 is 14.6 Å². The predicted octanol–water partition coefficient (Wildman–Crippen LogP) is 3.65. The average Bonchev–Trinajstić information content (AvgIpc) is 3.48. The third kappa shape index (κ3) is 3.15. The summed E-state index contributed by atoms with van der Waals surface area (Å²) in [5.41, 5.74) is 13.1. The third-order valence-corrected chi connectivity index (χ3v) is 7.02. The van der Waals surface area contributed by atoms with Gasteiger partial charge in [-0.05, 0) is 55.0 Å². The molecule has 2 aromatic carbocycles. The lowest BCUT2D eigenvalue weighted by molar-refractivity contribution is -0.138. The Hall–Kier alpha value is -3.55. The van der Waals surface area contributed by atoms with E-state index in [-0.39, 0.29) is 0 Å². The lowest BCUT2D eigenvalue weighted by Gasteiger charge is -2.24. The minimum absolute atomic E-state index is 0.505. The number of benzene rings is 2. The molecule has 3 aliphatic rings. The maximum atomic E-state index is 11.8. The van der Waals surface area contributed by atoms with Crippen LogP contribution in [0.2, 0.25) is 0 Å². The molecule has 3 aliphatic heterocycles. The summed E-state index contributed by atoms with van der Waals surface area (Å²) in [7, 11) is 0. The van der Waals surface area contributed by atoms with Crippen LogP contribution < -0.4 is 15.4 Å². The molecule has 0 bridgehead atoms. The molecule has 0 amide bonds. The van der Waals surface area contributed by atoms with Gasteiger partial charge in [0, 0.05) is 36.8 Å². The first kappa shape index (κ1) is 20.1. The molecule has 6 rings (SSSR count). The number of anilines is 1. The zero-order valence-electron chi connectivity index (χ0n) is 18.7. The Morgan fingerprint density at radius 1 is 1.24 bits per heavy atom. The highest BCUT2D eigenvalue weighted by atomic mass is 16.5. The summed E-state index contributed by atoms with van der Waals surface area (Å²) >= 11 is 0. The number of aryl methyl sites for hydroxylation is 2. The Bertz CT molecular complexity index is 1330. The van der Waals surface area contributed by atoms with Crippen molar-refractivity contribution in [3.8, 4) is 17.1 Å². The molecule has 1 aromatic heterocycles. The van der Waals surface area contributed by atoms with Crippen LogP contribution in [0.1, 0.15) is 37.3 Å². The standard InChI is InChI=1S/C25H27N5O3/c1-2-14-9-15(10-18-17(14)13-22(26)27-18)24-28-19-11-16(29-6-3-5-20(29)25(31)32)12-21-23(19)30(24)7-4-8-33-21/h9-12,20H,2-8,13H2,1H3,(H2,26,27)(H,31,32)/t20-/m0/s1. The first-order valence-corrected chi connectivity index (χ1v) is 11.7. The second kappa shape index (κ2) is 7.50. The summed E-state index contributed by atoms with van der Waals surface area (Å²) in [6.45, 7) is 4.30. The van der Waals surface area contributed by atoms with Crippen LogP contribution in [0.25, 0.3) is 22.4 Å². The Morgan fingerprint density at radius 2 is 2.12 bits per heavy atom. The van der Waals surface area contributed by atoms with Gasteiger partial charge in [0.1, 0.15) is 29.0 Å². The minimum atomic E-state index is -0.782. The van der Waals surface area contributed by atoms with Gasteiger partial charge >= 0.3 is 5.97 Å². The second-order valence-corrected chi connectivity index (χ2v) is 9.06. The van der Waals surface area contributed by atoms with E-state index in [1.165, 1.54) is 11.1 Å². The van der Waals surface area contributed by atoms with Gasteiger partial charge < -0.3 is 25.0 Å². The number of fused-ring (bicyclic) bond motifs is 1. The molecule has 0 unspecified atom stereocenters. The number of carboxylic acid groups (broad SMARTS) is 1. The highest BCUT2D eigenvalue weighted by Gasteiger charge is 2.32. The van der Waals surface area contributed by atoms with Crippen molar-refractivity contribution in [2.75, 3.05) is 18.1 Å². The van der Waals surface area contributed by atoms with Crippen molar-refractivity contribution in [2.45, 2.75) is 51.6 Å². The molecule has 1 atom stereocenters. The third-order valence-electron chi connectivity index (χ3n) is 7.02. The Morgan fingerprint density at radius 3 is 2.94 bits per heavy atom. The number of amidine groups is 1. The van der Waals surface area contributed by atoms with Crippen LogP contribution in [0.5, 0.6) is 5.75 Å². The smallest absolute Gasteiger partial charge is 0.326 e. The van der Waals surface area contributed by atoms with Gasteiger partial charge in [-0.25, -0.2) is 14.8 Å². The number of imidazole rings is 1. The number of carbonyl (C=O) groups is 1. The minimum Gasteiger partial charge on any atom is -0.491 e. The highest BCUT2D eigenvalue weighted by Crippen LogP contribution is 2.40. The Kier molecular flexibility index (Phi) is 4.57. The van der Waals surface area contributed by atoms with Gasteiger partial charge in [-0.15, -0.1) is 0 Å². The molecule has 1 fully saturated rings. The molecule has 8 nitrogen and oxygen atoms in total. The van der Waals surface area contributed by atoms with Crippen LogP contribution in [-0.2, 0) is 24.2 Å². The first-order chi connectivity index (χ1) is 16.0. The molecule has 8 heteroatoms. The van der Waals surface area contributed by atoms with Crippen molar-refractivity contribution in [2.24, 2.45) is 10.7 Å². The van der Waals surface area contributed by atoms with Gasteiger partial charge in [-0.3, -0.25) is 0 Å². The number of hydrogen-bond donors (Lipinski definition) is 2. The normalized spacial score (nSPS) is 19.4. The van der Waals surface area contributed by atoms with Crippen LogP contribution in [0.4, 0.5) is 11.4 Å². The molecular formula is C25H27N5O3. The molecule has 0 saturated carbocycles. The van der Waals surface area contributed by atoms with Crippen LogP contribution >= 0.6 is 0 Å². The predicted molar refractivity (Wildman–Crippen MR) is 128 cm³/mol. The lowest BCUT2D eigenvalue weighted by Crippen LogP contribution is -2.35. The largest absolute Gasteiger partial charge is 0.491 e. The summed E-state index contributed by atoms with van der Waals surface area (Å²) in [6.07, 6.45) is 4.01. The molecule has 0 radical (unpaired) electrons. The zero-order chi connectivity index (χ0) is 22.7.